The van der Waals surface area contributed by atoms with Crippen LogP contribution in [0.15, 0.2) is 53.9 Å². The van der Waals surface area contributed by atoms with Gasteiger partial charge in [-0.15, -0.1) is 28.3 Å². The van der Waals surface area contributed by atoms with Gasteiger partial charge in [-0.3, -0.25) is 4.40 Å². The van der Waals surface area contributed by atoms with Gasteiger partial charge in [-0.1, -0.05) is 43.3 Å². The number of halogens is 1. The number of aromatic nitrogens is 2. The first-order chi connectivity index (χ1) is 9.86. The van der Waals surface area contributed by atoms with Crippen LogP contribution < -0.4 is 0 Å². The number of hydrogen-bond donors (Lipinski definition) is 0. The molecule has 0 radical (unpaired) electrons. The van der Waals surface area contributed by atoms with Crippen molar-refractivity contribution in [2.75, 3.05) is 0 Å². The number of benzene rings is 2. The van der Waals surface area contributed by atoms with Crippen LogP contribution in [0.25, 0.3) is 27.3 Å². The molecule has 2 nitrogen and oxygen atoms in total. The van der Waals surface area contributed by atoms with E-state index in [0.29, 0.717) is 0 Å². The zero-order valence-corrected chi connectivity index (χ0v) is 14.1. The van der Waals surface area contributed by atoms with E-state index >= 15 is 0 Å². The van der Waals surface area contributed by atoms with Crippen LogP contribution in [0.1, 0.15) is 12.5 Å². The van der Waals surface area contributed by atoms with Crippen LogP contribution in [0.4, 0.5) is 0 Å². The molecule has 0 fully saturated rings. The highest BCUT2D eigenvalue weighted by molar-refractivity contribution is 8.93. The predicted octanol–water partition coefficient (Wildman–Crippen LogP) is 5.36. The number of nitrogens with zero attached hydrogens (tertiary/aromatic N) is 2. The molecule has 0 bridgehead atoms. The fourth-order valence-corrected chi connectivity index (χ4v) is 3.50. The molecule has 0 aliphatic carbocycles. The van der Waals surface area contributed by atoms with Crippen LogP contribution in [-0.2, 0) is 6.42 Å². The molecular weight excluding hydrogens is 344 g/mol. The van der Waals surface area contributed by atoms with Gasteiger partial charge in [0.2, 0.25) is 0 Å². The molecule has 0 saturated carbocycles. The van der Waals surface area contributed by atoms with Gasteiger partial charge in [-0.2, -0.15) is 0 Å². The number of aryl methyl sites for hydroxylation is 1. The van der Waals surface area contributed by atoms with Crippen LogP contribution in [0, 0.1) is 0 Å². The van der Waals surface area contributed by atoms with Gasteiger partial charge >= 0.3 is 0 Å². The van der Waals surface area contributed by atoms with E-state index < -0.39 is 0 Å². The highest BCUT2D eigenvalue weighted by atomic mass is 79.9. The molecule has 106 valence electrons. The van der Waals surface area contributed by atoms with Crippen LogP contribution >= 0.6 is 28.3 Å². The van der Waals surface area contributed by atoms with Crippen molar-refractivity contribution in [2.24, 2.45) is 0 Å². The third kappa shape index (κ3) is 2.28. The SMILES string of the molecule is Br.CCc1ccc(-c2csc3nc4ccccc4n23)cc1. The fraction of sp³-hybridized carbons (Fsp3) is 0.118. The standard InChI is InChI=1S/C17H14N2S.BrH/c1-2-12-7-9-13(10-8-12)16-11-20-17-18-14-5-3-4-6-15(14)19(16)17;/h3-11H,2H2,1H3;1H. The number of imidazole rings is 1. The molecule has 0 unspecified atom stereocenters. The Hall–Kier alpha value is -1.65. The maximum atomic E-state index is 4.68. The van der Waals surface area contributed by atoms with Gasteiger partial charge in [-0.05, 0) is 29.7 Å². The normalized spacial score (nSPS) is 10.9. The van der Waals surface area contributed by atoms with E-state index in [1.54, 1.807) is 11.3 Å². The van der Waals surface area contributed by atoms with Gasteiger partial charge in [0.25, 0.3) is 0 Å². The third-order valence-electron chi connectivity index (χ3n) is 3.70. The van der Waals surface area contributed by atoms with Crippen molar-refractivity contribution in [3.8, 4) is 11.3 Å². The fourth-order valence-electron chi connectivity index (χ4n) is 2.59. The average molecular weight is 359 g/mol. The molecule has 0 N–H and O–H groups in total. The molecule has 2 aromatic carbocycles. The molecule has 4 aromatic rings. The summed E-state index contributed by atoms with van der Waals surface area (Å²) in [6.45, 7) is 2.18. The minimum Gasteiger partial charge on any atom is -0.283 e. The number of fused-ring (bicyclic) bond motifs is 3. The van der Waals surface area contributed by atoms with Gasteiger partial charge in [0.15, 0.2) is 4.96 Å². The molecule has 2 aromatic heterocycles. The third-order valence-corrected chi connectivity index (χ3v) is 4.53. The van der Waals surface area contributed by atoms with Gasteiger partial charge < -0.3 is 0 Å². The number of hydrogen-bond acceptors (Lipinski definition) is 2. The van der Waals surface area contributed by atoms with Crippen LogP contribution in [0.2, 0.25) is 0 Å². The Labute approximate surface area is 137 Å². The van der Waals surface area contributed by atoms with E-state index in [0.717, 1.165) is 16.9 Å². The predicted molar refractivity (Wildman–Crippen MR) is 95.7 cm³/mol. The smallest absolute Gasteiger partial charge is 0.195 e. The van der Waals surface area contributed by atoms with E-state index in [1.165, 1.54) is 22.3 Å². The molecule has 2 heterocycles. The first kappa shape index (κ1) is 14.3. The molecule has 0 amide bonds. The zero-order chi connectivity index (χ0) is 13.5. The lowest BCUT2D eigenvalue weighted by molar-refractivity contribution is 1.14. The Morgan fingerprint density at radius 1 is 1.05 bits per heavy atom. The van der Waals surface area contributed by atoms with Crippen molar-refractivity contribution in [1.29, 1.82) is 0 Å². The number of para-hydroxylation sites is 2. The summed E-state index contributed by atoms with van der Waals surface area (Å²) < 4.78 is 2.25. The zero-order valence-electron chi connectivity index (χ0n) is 11.6. The molecule has 4 heteroatoms. The summed E-state index contributed by atoms with van der Waals surface area (Å²) in [5.41, 5.74) is 6.08. The first-order valence-corrected chi connectivity index (χ1v) is 7.69. The molecule has 0 aliphatic heterocycles. The maximum Gasteiger partial charge on any atom is 0.195 e. The van der Waals surface area contributed by atoms with E-state index in [9.17, 15) is 0 Å². The highest BCUT2D eigenvalue weighted by Crippen LogP contribution is 2.30. The minimum absolute atomic E-state index is 0. The second kappa shape index (κ2) is 5.62. The van der Waals surface area contributed by atoms with Crippen LogP contribution in [-0.4, -0.2) is 9.38 Å². The summed E-state index contributed by atoms with van der Waals surface area (Å²) in [7, 11) is 0. The molecule has 0 spiro atoms. The van der Waals surface area contributed by atoms with Crippen molar-refractivity contribution < 1.29 is 0 Å². The van der Waals surface area contributed by atoms with Crippen molar-refractivity contribution in [1.82, 2.24) is 9.38 Å². The Morgan fingerprint density at radius 3 is 2.57 bits per heavy atom. The highest BCUT2D eigenvalue weighted by Gasteiger charge is 2.11. The van der Waals surface area contributed by atoms with E-state index in [4.69, 9.17) is 0 Å². The first-order valence-electron chi connectivity index (χ1n) is 6.81. The van der Waals surface area contributed by atoms with Gasteiger partial charge in [0.1, 0.15) is 0 Å². The Kier molecular flexibility index (Phi) is 3.83. The summed E-state index contributed by atoms with van der Waals surface area (Å²) in [6, 6.07) is 17.1. The summed E-state index contributed by atoms with van der Waals surface area (Å²) in [6.07, 6.45) is 1.08. The number of rotatable bonds is 2. The molecule has 0 saturated heterocycles. The largest absolute Gasteiger partial charge is 0.283 e. The van der Waals surface area contributed by atoms with Crippen molar-refractivity contribution in [2.45, 2.75) is 13.3 Å². The molecule has 21 heavy (non-hydrogen) atoms. The van der Waals surface area contributed by atoms with E-state index in [2.05, 4.69) is 64.2 Å². The minimum atomic E-state index is 0. The van der Waals surface area contributed by atoms with E-state index in [-0.39, 0.29) is 17.0 Å². The Bertz CT molecular complexity index is 890. The topological polar surface area (TPSA) is 17.3 Å². The molecule has 0 aliphatic rings. The molecule has 4 rings (SSSR count). The Morgan fingerprint density at radius 2 is 1.81 bits per heavy atom. The van der Waals surface area contributed by atoms with Crippen LogP contribution in [0.3, 0.4) is 0 Å². The average Bonchev–Trinajstić information content (AvgIpc) is 3.06. The summed E-state index contributed by atoms with van der Waals surface area (Å²) in [5, 5.41) is 2.19. The van der Waals surface area contributed by atoms with Crippen molar-refractivity contribution in [3.63, 3.8) is 0 Å². The molecule has 0 atom stereocenters. The second-order valence-electron chi connectivity index (χ2n) is 4.89. The van der Waals surface area contributed by atoms with Gasteiger partial charge in [0.05, 0.1) is 16.7 Å². The Balaban J connectivity index is 0.00000132. The monoisotopic (exact) mass is 358 g/mol. The van der Waals surface area contributed by atoms with Gasteiger partial charge in [0, 0.05) is 5.38 Å². The maximum absolute atomic E-state index is 4.68. The number of thiazole rings is 1. The second-order valence-corrected chi connectivity index (χ2v) is 5.73. The summed E-state index contributed by atoms with van der Waals surface area (Å²) in [4.78, 5) is 5.73. The lowest BCUT2D eigenvalue weighted by Crippen LogP contribution is -1.86. The van der Waals surface area contributed by atoms with Crippen molar-refractivity contribution in [3.05, 3.63) is 59.5 Å². The lowest BCUT2D eigenvalue weighted by atomic mass is 10.1. The summed E-state index contributed by atoms with van der Waals surface area (Å²) in [5.74, 6) is 0. The summed E-state index contributed by atoms with van der Waals surface area (Å²) >= 11 is 1.70. The van der Waals surface area contributed by atoms with Crippen molar-refractivity contribution >= 4 is 44.3 Å². The molecular formula is C17H15BrN2S. The van der Waals surface area contributed by atoms with Gasteiger partial charge in [-0.25, -0.2) is 4.98 Å². The van der Waals surface area contributed by atoms with E-state index in [1.807, 2.05) is 6.07 Å². The quantitative estimate of drug-likeness (QED) is 0.471. The van der Waals surface area contributed by atoms with Crippen LogP contribution in [0.5, 0.6) is 0 Å². The lowest BCUT2D eigenvalue weighted by Gasteiger charge is -2.02.